The first kappa shape index (κ1) is 14.0. The van der Waals surface area contributed by atoms with E-state index in [1.54, 1.807) is 0 Å². The fraction of sp³-hybridized carbons (Fsp3) is 0.667. The Morgan fingerprint density at radius 1 is 1.58 bits per heavy atom. The Labute approximate surface area is 129 Å². The molecule has 0 bridgehead atoms. The molecular weight excluding hydrogens is 318 g/mol. The van der Waals surface area contributed by atoms with Crippen LogP contribution in [0.1, 0.15) is 12.8 Å². The second kappa shape index (κ2) is 4.69. The number of hydrogen-bond donors (Lipinski definition) is 0. The molecule has 0 heterocycles. The zero-order valence-electron chi connectivity index (χ0n) is 6.79. The fourth-order valence-corrected chi connectivity index (χ4v) is 3.53. The smallest absolute Gasteiger partial charge is 0.747 e. The first-order valence-corrected chi connectivity index (χ1v) is 5.81. The van der Waals surface area contributed by atoms with Crippen molar-refractivity contribution in [2.75, 3.05) is 0 Å². The Morgan fingerprint density at radius 3 is 2.08 bits per heavy atom. The van der Waals surface area contributed by atoms with Gasteiger partial charge in [0.1, 0.15) is 10.1 Å². The van der Waals surface area contributed by atoms with Gasteiger partial charge in [-0.1, -0.05) is 28.7 Å². The standard InChI is InChI=1S/C6H9IO3S.K/c1-2-5(7)6(3-4-6)11(8,9)10;/h2,5H,1,3-4H2,(H,8,9,10);/q;+1/p-1. The number of alkyl halides is 1. The second-order valence-electron chi connectivity index (χ2n) is 2.66. The molecule has 0 aromatic carbocycles. The number of rotatable bonds is 3. The van der Waals surface area contributed by atoms with Gasteiger partial charge in [-0.2, -0.15) is 0 Å². The summed E-state index contributed by atoms with van der Waals surface area (Å²) in [6.45, 7) is 3.47. The topological polar surface area (TPSA) is 57.2 Å². The van der Waals surface area contributed by atoms with Gasteiger partial charge in [0.05, 0.1) is 4.75 Å². The summed E-state index contributed by atoms with van der Waals surface area (Å²) in [5.74, 6) is 0. The second-order valence-corrected chi connectivity index (χ2v) is 5.72. The third-order valence-electron chi connectivity index (χ3n) is 1.95. The van der Waals surface area contributed by atoms with Gasteiger partial charge in [0, 0.05) is 3.92 Å². The van der Waals surface area contributed by atoms with Gasteiger partial charge in [0.15, 0.2) is 0 Å². The Bertz CT molecular complexity index is 271. The van der Waals surface area contributed by atoms with E-state index in [-0.39, 0.29) is 55.3 Å². The summed E-state index contributed by atoms with van der Waals surface area (Å²) in [5, 5.41) is 0. The van der Waals surface area contributed by atoms with E-state index in [9.17, 15) is 13.0 Å². The molecule has 1 aliphatic rings. The van der Waals surface area contributed by atoms with Gasteiger partial charge >= 0.3 is 51.4 Å². The fourth-order valence-electron chi connectivity index (χ4n) is 1.00. The molecule has 0 spiro atoms. The average Bonchev–Trinajstić information content (AvgIpc) is 2.63. The molecule has 0 saturated heterocycles. The van der Waals surface area contributed by atoms with Crippen LogP contribution < -0.4 is 51.4 Å². The Morgan fingerprint density at radius 2 is 2.00 bits per heavy atom. The third-order valence-corrected chi connectivity index (χ3v) is 5.73. The van der Waals surface area contributed by atoms with Gasteiger partial charge in [0.2, 0.25) is 0 Å². The van der Waals surface area contributed by atoms with E-state index in [0.717, 1.165) is 0 Å². The maximum absolute atomic E-state index is 10.7. The third kappa shape index (κ3) is 2.53. The minimum atomic E-state index is -4.13. The molecule has 1 atom stereocenters. The molecule has 1 saturated carbocycles. The molecule has 0 aromatic heterocycles. The number of allylic oxidation sites excluding steroid dienone is 1. The molecule has 1 aliphatic carbocycles. The number of hydrogen-bond acceptors (Lipinski definition) is 3. The van der Waals surface area contributed by atoms with Crippen molar-refractivity contribution in [1.29, 1.82) is 0 Å². The average molecular weight is 326 g/mol. The van der Waals surface area contributed by atoms with Gasteiger partial charge in [-0.3, -0.25) is 0 Å². The van der Waals surface area contributed by atoms with E-state index in [4.69, 9.17) is 0 Å². The molecule has 1 rings (SSSR count). The van der Waals surface area contributed by atoms with Crippen molar-refractivity contribution in [3.05, 3.63) is 12.7 Å². The minimum absolute atomic E-state index is 0. The van der Waals surface area contributed by atoms with Crippen LogP contribution in [0.5, 0.6) is 0 Å². The monoisotopic (exact) mass is 326 g/mol. The molecule has 1 fully saturated rings. The van der Waals surface area contributed by atoms with Gasteiger partial charge < -0.3 is 4.55 Å². The quantitative estimate of drug-likeness (QED) is 0.199. The van der Waals surface area contributed by atoms with Crippen molar-refractivity contribution in [3.8, 4) is 0 Å². The zero-order chi connectivity index (χ0) is 8.70. The predicted octanol–water partition coefficient (Wildman–Crippen LogP) is -1.94. The van der Waals surface area contributed by atoms with Crippen LogP contribution in [0.3, 0.4) is 0 Å². The maximum atomic E-state index is 10.7. The van der Waals surface area contributed by atoms with Crippen LogP contribution in [-0.2, 0) is 10.1 Å². The molecule has 0 aromatic rings. The van der Waals surface area contributed by atoms with Crippen molar-refractivity contribution in [3.63, 3.8) is 0 Å². The summed E-state index contributed by atoms with van der Waals surface area (Å²) in [5.41, 5.74) is 0. The SMILES string of the molecule is C=CC(I)C1(S(=O)(=O)[O-])CC1.[K+]. The van der Waals surface area contributed by atoms with Crippen molar-refractivity contribution >= 4 is 32.7 Å². The molecule has 6 heteroatoms. The molecule has 0 radical (unpaired) electrons. The molecule has 0 N–H and O–H groups in total. The Balaban J connectivity index is 0.00000121. The molecule has 64 valence electrons. The summed E-state index contributed by atoms with van der Waals surface area (Å²) in [6.07, 6.45) is 2.49. The van der Waals surface area contributed by atoms with Crippen LogP contribution in [-0.4, -0.2) is 21.6 Å². The van der Waals surface area contributed by atoms with Crippen LogP contribution in [0, 0.1) is 0 Å². The summed E-state index contributed by atoms with van der Waals surface area (Å²) >= 11 is 1.94. The van der Waals surface area contributed by atoms with Crippen LogP contribution >= 0.6 is 22.6 Å². The van der Waals surface area contributed by atoms with Gasteiger partial charge in [-0.05, 0) is 12.8 Å². The molecule has 0 amide bonds. The molecule has 1 unspecified atom stereocenters. The van der Waals surface area contributed by atoms with Crippen LogP contribution in [0.25, 0.3) is 0 Å². The largest absolute Gasteiger partial charge is 1.00 e. The van der Waals surface area contributed by atoms with Crippen molar-refractivity contribution in [2.45, 2.75) is 21.5 Å². The van der Waals surface area contributed by atoms with Gasteiger partial charge in [0.25, 0.3) is 0 Å². The summed E-state index contributed by atoms with van der Waals surface area (Å²) < 4.78 is 30.9. The summed E-state index contributed by atoms with van der Waals surface area (Å²) in [7, 11) is -4.13. The molecule has 12 heavy (non-hydrogen) atoms. The van der Waals surface area contributed by atoms with Gasteiger partial charge in [-0.25, -0.2) is 8.42 Å². The van der Waals surface area contributed by atoms with Crippen LogP contribution in [0.15, 0.2) is 12.7 Å². The number of halogens is 1. The molecular formula is C6H8IKO3S. The van der Waals surface area contributed by atoms with E-state index in [1.165, 1.54) is 6.08 Å². The van der Waals surface area contributed by atoms with E-state index in [2.05, 4.69) is 6.58 Å². The summed E-state index contributed by atoms with van der Waals surface area (Å²) in [4.78, 5) is 0. The van der Waals surface area contributed by atoms with E-state index < -0.39 is 14.9 Å². The van der Waals surface area contributed by atoms with Crippen molar-refractivity contribution in [2.24, 2.45) is 0 Å². The maximum Gasteiger partial charge on any atom is 1.00 e. The van der Waals surface area contributed by atoms with Crippen molar-refractivity contribution in [1.82, 2.24) is 0 Å². The van der Waals surface area contributed by atoms with E-state index in [0.29, 0.717) is 12.8 Å². The summed E-state index contributed by atoms with van der Waals surface area (Å²) in [6, 6.07) is 0. The molecule has 0 aliphatic heterocycles. The van der Waals surface area contributed by atoms with Crippen LogP contribution in [0.2, 0.25) is 0 Å². The normalized spacial score (nSPS) is 22.2. The first-order chi connectivity index (χ1) is 4.94. The van der Waals surface area contributed by atoms with E-state index >= 15 is 0 Å². The predicted molar refractivity (Wildman–Crippen MR) is 49.7 cm³/mol. The molecule has 3 nitrogen and oxygen atoms in total. The van der Waals surface area contributed by atoms with E-state index in [1.807, 2.05) is 22.6 Å². The van der Waals surface area contributed by atoms with Crippen LogP contribution in [0.4, 0.5) is 0 Å². The first-order valence-electron chi connectivity index (χ1n) is 3.16. The Kier molecular flexibility index (Phi) is 5.48. The van der Waals surface area contributed by atoms with Crippen molar-refractivity contribution < 1.29 is 64.4 Å². The minimum Gasteiger partial charge on any atom is -0.747 e. The zero-order valence-corrected chi connectivity index (χ0v) is 12.9. The van der Waals surface area contributed by atoms with Gasteiger partial charge in [-0.15, -0.1) is 6.58 Å². The Hall–Kier alpha value is 2.02.